The van der Waals surface area contributed by atoms with E-state index in [-0.39, 0.29) is 19.6 Å². The normalized spacial score (nSPS) is 11.9. The molecule has 0 aromatic carbocycles. The molecule has 0 amide bonds. The molecule has 0 aliphatic heterocycles. The minimum absolute atomic E-state index is 0.179. The predicted octanol–water partition coefficient (Wildman–Crippen LogP) is -0.136. The molecule has 0 saturated heterocycles. The quantitative estimate of drug-likeness (QED) is 0.611. The van der Waals surface area contributed by atoms with Crippen LogP contribution in [0, 0.1) is 0 Å². The highest BCUT2D eigenvalue weighted by Gasteiger charge is 2.20. The van der Waals surface area contributed by atoms with Gasteiger partial charge >= 0.3 is 11.9 Å². The van der Waals surface area contributed by atoms with Crippen LogP contribution < -0.4 is 0 Å². The molecule has 0 bridgehead atoms. The summed E-state index contributed by atoms with van der Waals surface area (Å²) in [5.74, 6) is -1.40. The van der Waals surface area contributed by atoms with E-state index >= 15 is 0 Å². The Hall–Kier alpha value is -1.10. The van der Waals surface area contributed by atoms with E-state index in [2.05, 4.69) is 9.47 Å². The lowest BCUT2D eigenvalue weighted by atomic mass is 10.2. The zero-order valence-electron chi connectivity index (χ0n) is 7.78. The fourth-order valence-electron chi connectivity index (χ4n) is 0.700. The van der Waals surface area contributed by atoms with Gasteiger partial charge in [0.1, 0.15) is 0 Å². The van der Waals surface area contributed by atoms with Crippen molar-refractivity contribution in [2.24, 2.45) is 0 Å². The molecule has 1 atom stereocenters. The number of ether oxygens (including phenoxy) is 2. The Labute approximate surface area is 76.6 Å². The summed E-state index contributed by atoms with van der Waals surface area (Å²) in [4.78, 5) is 21.6. The topological polar surface area (TPSA) is 72.8 Å². The van der Waals surface area contributed by atoms with Crippen molar-refractivity contribution in [3.05, 3.63) is 0 Å². The third-order valence-corrected chi connectivity index (χ3v) is 1.22. The molecule has 0 fully saturated rings. The second-order valence-corrected chi connectivity index (χ2v) is 2.28. The summed E-state index contributed by atoms with van der Waals surface area (Å²) >= 11 is 0. The molecule has 0 aromatic rings. The number of esters is 2. The zero-order valence-corrected chi connectivity index (χ0v) is 7.78. The molecule has 0 aliphatic carbocycles. The van der Waals surface area contributed by atoms with Crippen LogP contribution in [-0.2, 0) is 19.1 Å². The van der Waals surface area contributed by atoms with Gasteiger partial charge in [-0.15, -0.1) is 0 Å². The number of hydrogen-bond acceptors (Lipinski definition) is 5. The number of rotatable bonds is 5. The van der Waals surface area contributed by atoms with Crippen LogP contribution in [0.2, 0.25) is 0 Å². The van der Waals surface area contributed by atoms with Crippen LogP contribution in [0.25, 0.3) is 0 Å². The van der Waals surface area contributed by atoms with Crippen LogP contribution >= 0.6 is 0 Å². The van der Waals surface area contributed by atoms with E-state index < -0.39 is 18.0 Å². The van der Waals surface area contributed by atoms with E-state index in [0.29, 0.717) is 0 Å². The van der Waals surface area contributed by atoms with Gasteiger partial charge in [-0.05, 0) is 13.8 Å². The summed E-state index contributed by atoms with van der Waals surface area (Å²) < 4.78 is 9.02. The average Bonchev–Trinajstić information content (AvgIpc) is 2.05. The lowest BCUT2D eigenvalue weighted by Gasteiger charge is -2.08. The van der Waals surface area contributed by atoms with Gasteiger partial charge in [0.25, 0.3) is 0 Å². The largest absolute Gasteiger partial charge is 0.466 e. The van der Waals surface area contributed by atoms with E-state index in [1.165, 1.54) is 0 Å². The standard InChI is InChI=1S/C8H14O5/c1-3-12-7(10)5-6(9)8(11)13-4-2/h6,9H,3-5H2,1-2H3. The Morgan fingerprint density at radius 1 is 1.23 bits per heavy atom. The second-order valence-electron chi connectivity index (χ2n) is 2.28. The first kappa shape index (κ1) is 11.9. The second kappa shape index (κ2) is 6.42. The van der Waals surface area contributed by atoms with Crippen molar-refractivity contribution < 1.29 is 24.2 Å². The summed E-state index contributed by atoms with van der Waals surface area (Å²) in [5, 5.41) is 9.07. The van der Waals surface area contributed by atoms with Crippen molar-refractivity contribution in [3.8, 4) is 0 Å². The van der Waals surface area contributed by atoms with Gasteiger partial charge < -0.3 is 14.6 Å². The van der Waals surface area contributed by atoms with Gasteiger partial charge in [0.05, 0.1) is 19.6 Å². The van der Waals surface area contributed by atoms with Crippen molar-refractivity contribution in [1.29, 1.82) is 0 Å². The molecule has 1 unspecified atom stereocenters. The predicted molar refractivity (Wildman–Crippen MR) is 43.9 cm³/mol. The highest BCUT2D eigenvalue weighted by molar-refractivity contribution is 5.81. The Morgan fingerprint density at radius 3 is 2.23 bits per heavy atom. The monoisotopic (exact) mass is 190 g/mol. The molecule has 13 heavy (non-hydrogen) atoms. The van der Waals surface area contributed by atoms with Crippen molar-refractivity contribution >= 4 is 11.9 Å². The lowest BCUT2D eigenvalue weighted by molar-refractivity contribution is -0.159. The summed E-state index contributed by atoms with van der Waals surface area (Å²) in [6.07, 6.45) is -1.77. The molecular formula is C8H14O5. The Morgan fingerprint density at radius 2 is 1.77 bits per heavy atom. The van der Waals surface area contributed by atoms with Crippen LogP contribution in [0.15, 0.2) is 0 Å². The molecule has 0 radical (unpaired) electrons. The summed E-state index contributed by atoms with van der Waals surface area (Å²) in [6, 6.07) is 0. The minimum Gasteiger partial charge on any atom is -0.466 e. The Kier molecular flexibility index (Phi) is 5.88. The van der Waals surface area contributed by atoms with Gasteiger partial charge in [0, 0.05) is 0 Å². The van der Waals surface area contributed by atoms with Crippen LogP contribution in [0.1, 0.15) is 20.3 Å². The third-order valence-electron chi connectivity index (χ3n) is 1.22. The highest BCUT2D eigenvalue weighted by atomic mass is 16.6. The van der Waals surface area contributed by atoms with Gasteiger partial charge in [0.15, 0.2) is 6.10 Å². The van der Waals surface area contributed by atoms with Crippen LogP contribution in [0.4, 0.5) is 0 Å². The van der Waals surface area contributed by atoms with Crippen LogP contribution in [-0.4, -0.2) is 36.4 Å². The van der Waals surface area contributed by atoms with Crippen LogP contribution in [0.5, 0.6) is 0 Å². The summed E-state index contributed by atoms with van der Waals surface area (Å²) in [5.41, 5.74) is 0. The molecule has 0 rings (SSSR count). The number of carbonyl (C=O) groups excluding carboxylic acids is 2. The van der Waals surface area contributed by atoms with Gasteiger partial charge in [-0.3, -0.25) is 4.79 Å². The van der Waals surface area contributed by atoms with E-state index in [1.807, 2.05) is 0 Å². The fourth-order valence-corrected chi connectivity index (χ4v) is 0.700. The first-order chi connectivity index (χ1) is 6.11. The zero-order chi connectivity index (χ0) is 10.3. The molecule has 5 nitrogen and oxygen atoms in total. The molecule has 0 aliphatic rings. The van der Waals surface area contributed by atoms with Crippen molar-refractivity contribution in [2.45, 2.75) is 26.4 Å². The molecular weight excluding hydrogens is 176 g/mol. The van der Waals surface area contributed by atoms with Gasteiger partial charge in [0.2, 0.25) is 0 Å². The first-order valence-electron chi connectivity index (χ1n) is 4.12. The van der Waals surface area contributed by atoms with E-state index in [1.54, 1.807) is 13.8 Å². The molecule has 0 heterocycles. The van der Waals surface area contributed by atoms with Crippen molar-refractivity contribution in [1.82, 2.24) is 0 Å². The SMILES string of the molecule is CCOC(=O)CC(O)C(=O)OCC. The molecule has 5 heteroatoms. The maximum absolute atomic E-state index is 10.8. The third kappa shape index (κ3) is 5.19. The maximum Gasteiger partial charge on any atom is 0.335 e. The van der Waals surface area contributed by atoms with Gasteiger partial charge in [-0.1, -0.05) is 0 Å². The number of aliphatic hydroxyl groups excluding tert-OH is 1. The maximum atomic E-state index is 10.8. The molecule has 0 saturated carbocycles. The fraction of sp³-hybridized carbons (Fsp3) is 0.750. The molecule has 0 aromatic heterocycles. The number of aliphatic hydroxyl groups is 1. The Bertz CT molecular complexity index is 177. The molecule has 0 spiro atoms. The molecule has 1 N–H and O–H groups in total. The first-order valence-corrected chi connectivity index (χ1v) is 4.12. The van der Waals surface area contributed by atoms with Gasteiger partial charge in [-0.2, -0.15) is 0 Å². The smallest absolute Gasteiger partial charge is 0.335 e. The van der Waals surface area contributed by atoms with E-state index in [0.717, 1.165) is 0 Å². The lowest BCUT2D eigenvalue weighted by Crippen LogP contribution is -2.26. The van der Waals surface area contributed by atoms with E-state index in [4.69, 9.17) is 5.11 Å². The number of carbonyl (C=O) groups is 2. The van der Waals surface area contributed by atoms with E-state index in [9.17, 15) is 9.59 Å². The Balaban J connectivity index is 3.78. The van der Waals surface area contributed by atoms with Crippen LogP contribution in [0.3, 0.4) is 0 Å². The summed E-state index contributed by atoms with van der Waals surface area (Å²) in [6.45, 7) is 3.68. The number of hydrogen-bond donors (Lipinski definition) is 1. The van der Waals surface area contributed by atoms with Crippen molar-refractivity contribution in [3.63, 3.8) is 0 Å². The van der Waals surface area contributed by atoms with Gasteiger partial charge in [-0.25, -0.2) is 4.79 Å². The molecule has 76 valence electrons. The average molecular weight is 190 g/mol. The minimum atomic E-state index is -1.42. The summed E-state index contributed by atoms with van der Waals surface area (Å²) in [7, 11) is 0. The highest BCUT2D eigenvalue weighted by Crippen LogP contribution is 1.97. The van der Waals surface area contributed by atoms with Crippen molar-refractivity contribution in [2.75, 3.05) is 13.2 Å².